The highest BCUT2D eigenvalue weighted by molar-refractivity contribution is 6.30. The molecule has 0 amide bonds. The summed E-state index contributed by atoms with van der Waals surface area (Å²) in [5.41, 5.74) is 1.04. The summed E-state index contributed by atoms with van der Waals surface area (Å²) in [6.07, 6.45) is -0.305. The number of benzene rings is 1. The van der Waals surface area contributed by atoms with Gasteiger partial charge in [-0.3, -0.25) is 4.79 Å². The van der Waals surface area contributed by atoms with Gasteiger partial charge >= 0.3 is 11.9 Å². The van der Waals surface area contributed by atoms with Crippen LogP contribution in [0, 0.1) is 5.92 Å². The standard InChI is InChI=1S/C15H17ClO5/c1-19-8-13(15(18)20-2)21-14(17)12-7-11(12)9-3-5-10(16)6-4-9/h3-6,11-13H,7-8H2,1-2H3. The Balaban J connectivity index is 1.93. The van der Waals surface area contributed by atoms with Crippen LogP contribution in [0.25, 0.3) is 0 Å². The van der Waals surface area contributed by atoms with Gasteiger partial charge in [0.1, 0.15) is 0 Å². The van der Waals surface area contributed by atoms with E-state index in [1.807, 2.05) is 12.1 Å². The highest BCUT2D eigenvalue weighted by Crippen LogP contribution is 2.48. The molecule has 3 unspecified atom stereocenters. The van der Waals surface area contributed by atoms with Crippen LogP contribution in [0.1, 0.15) is 17.9 Å². The van der Waals surface area contributed by atoms with Crippen LogP contribution < -0.4 is 0 Å². The average molecular weight is 313 g/mol. The van der Waals surface area contributed by atoms with Crippen LogP contribution in [0.15, 0.2) is 24.3 Å². The monoisotopic (exact) mass is 312 g/mol. The summed E-state index contributed by atoms with van der Waals surface area (Å²) in [5, 5.41) is 0.657. The number of esters is 2. The molecule has 0 bridgehead atoms. The van der Waals surface area contributed by atoms with Crippen molar-refractivity contribution in [1.82, 2.24) is 0 Å². The maximum absolute atomic E-state index is 12.0. The lowest BCUT2D eigenvalue weighted by atomic mass is 10.1. The number of methoxy groups -OCH3 is 2. The third-order valence-electron chi connectivity index (χ3n) is 3.43. The predicted octanol–water partition coefficient (Wildman–Crippen LogP) is 2.17. The number of carbonyl (C=O) groups is 2. The van der Waals surface area contributed by atoms with Crippen LogP contribution >= 0.6 is 11.6 Å². The molecule has 1 aliphatic carbocycles. The predicted molar refractivity (Wildman–Crippen MR) is 76.1 cm³/mol. The summed E-state index contributed by atoms with van der Waals surface area (Å²) in [4.78, 5) is 23.5. The van der Waals surface area contributed by atoms with E-state index in [-0.39, 0.29) is 18.4 Å². The van der Waals surface area contributed by atoms with E-state index in [1.165, 1.54) is 14.2 Å². The Morgan fingerprint density at radius 1 is 1.29 bits per heavy atom. The summed E-state index contributed by atoms with van der Waals surface area (Å²) >= 11 is 5.83. The highest BCUT2D eigenvalue weighted by atomic mass is 35.5. The molecule has 1 fully saturated rings. The van der Waals surface area contributed by atoms with Gasteiger partial charge in [-0.15, -0.1) is 0 Å². The van der Waals surface area contributed by atoms with Crippen LogP contribution in [-0.2, 0) is 23.8 Å². The third-order valence-corrected chi connectivity index (χ3v) is 3.68. The minimum absolute atomic E-state index is 0.0171. The van der Waals surface area contributed by atoms with Gasteiger partial charge in [-0.05, 0) is 30.0 Å². The van der Waals surface area contributed by atoms with E-state index in [9.17, 15) is 9.59 Å². The average Bonchev–Trinajstić information content (AvgIpc) is 3.27. The Morgan fingerprint density at radius 2 is 1.95 bits per heavy atom. The molecule has 0 heterocycles. The van der Waals surface area contributed by atoms with Crippen molar-refractivity contribution in [2.75, 3.05) is 20.8 Å². The highest BCUT2D eigenvalue weighted by Gasteiger charge is 2.46. The molecule has 0 aliphatic heterocycles. The van der Waals surface area contributed by atoms with Crippen LogP contribution in [0.2, 0.25) is 5.02 Å². The lowest BCUT2D eigenvalue weighted by Crippen LogP contribution is -2.33. The van der Waals surface area contributed by atoms with Gasteiger partial charge < -0.3 is 14.2 Å². The molecule has 3 atom stereocenters. The minimum Gasteiger partial charge on any atom is -0.466 e. The van der Waals surface area contributed by atoms with Crippen molar-refractivity contribution < 1.29 is 23.8 Å². The third kappa shape index (κ3) is 3.95. The fraction of sp³-hybridized carbons (Fsp3) is 0.467. The van der Waals surface area contributed by atoms with Gasteiger partial charge in [-0.2, -0.15) is 0 Å². The van der Waals surface area contributed by atoms with Crippen LogP contribution in [-0.4, -0.2) is 38.9 Å². The molecule has 0 aromatic heterocycles. The van der Waals surface area contributed by atoms with Crippen molar-refractivity contribution in [3.8, 4) is 0 Å². The normalized spacial score (nSPS) is 21.5. The maximum Gasteiger partial charge on any atom is 0.349 e. The molecule has 21 heavy (non-hydrogen) atoms. The van der Waals surface area contributed by atoms with E-state index >= 15 is 0 Å². The lowest BCUT2D eigenvalue weighted by molar-refractivity contribution is -0.170. The molecule has 114 valence electrons. The lowest BCUT2D eigenvalue weighted by Gasteiger charge is -2.14. The molecule has 0 radical (unpaired) electrons. The van der Waals surface area contributed by atoms with Crippen molar-refractivity contribution in [2.45, 2.75) is 18.4 Å². The molecule has 1 aromatic carbocycles. The summed E-state index contributed by atoms with van der Waals surface area (Å²) in [5.74, 6) is -1.12. The van der Waals surface area contributed by atoms with Gasteiger partial charge in [0, 0.05) is 12.1 Å². The van der Waals surface area contributed by atoms with Gasteiger partial charge in [0.05, 0.1) is 19.6 Å². The second kappa shape index (κ2) is 6.91. The molecule has 0 spiro atoms. The summed E-state index contributed by atoms with van der Waals surface area (Å²) in [6, 6.07) is 7.38. The number of halogens is 1. The zero-order chi connectivity index (χ0) is 15.4. The van der Waals surface area contributed by atoms with Crippen molar-refractivity contribution in [3.63, 3.8) is 0 Å². The summed E-state index contributed by atoms with van der Waals surface area (Å²) in [7, 11) is 2.67. The number of ether oxygens (including phenoxy) is 3. The quantitative estimate of drug-likeness (QED) is 0.753. The van der Waals surface area contributed by atoms with Gasteiger partial charge in [0.15, 0.2) is 0 Å². The first-order valence-electron chi connectivity index (χ1n) is 6.59. The number of carbonyl (C=O) groups excluding carboxylic acids is 2. The number of hydrogen-bond donors (Lipinski definition) is 0. The molecule has 1 aliphatic rings. The topological polar surface area (TPSA) is 61.8 Å². The largest absolute Gasteiger partial charge is 0.466 e. The van der Waals surface area contributed by atoms with E-state index in [0.29, 0.717) is 11.4 Å². The fourth-order valence-electron chi connectivity index (χ4n) is 2.19. The zero-order valence-electron chi connectivity index (χ0n) is 11.9. The first-order chi connectivity index (χ1) is 10.1. The van der Waals surface area contributed by atoms with E-state index in [1.54, 1.807) is 12.1 Å². The maximum atomic E-state index is 12.0. The van der Waals surface area contributed by atoms with E-state index in [4.69, 9.17) is 21.1 Å². The van der Waals surface area contributed by atoms with Crippen molar-refractivity contribution in [3.05, 3.63) is 34.9 Å². The fourth-order valence-corrected chi connectivity index (χ4v) is 2.32. The first kappa shape index (κ1) is 15.8. The number of hydrogen-bond acceptors (Lipinski definition) is 5. The van der Waals surface area contributed by atoms with Crippen LogP contribution in [0.4, 0.5) is 0 Å². The first-order valence-corrected chi connectivity index (χ1v) is 6.97. The van der Waals surface area contributed by atoms with Crippen molar-refractivity contribution in [2.24, 2.45) is 5.92 Å². The molecule has 1 saturated carbocycles. The molecule has 0 saturated heterocycles. The molecule has 5 nitrogen and oxygen atoms in total. The van der Waals surface area contributed by atoms with E-state index in [2.05, 4.69) is 4.74 Å². The van der Waals surface area contributed by atoms with Crippen LogP contribution in [0.5, 0.6) is 0 Å². The van der Waals surface area contributed by atoms with Gasteiger partial charge in [0.2, 0.25) is 6.10 Å². The second-order valence-electron chi connectivity index (χ2n) is 4.90. The SMILES string of the molecule is COCC(OC(=O)C1CC1c1ccc(Cl)cc1)C(=O)OC. The Kier molecular flexibility index (Phi) is 5.20. The number of rotatable bonds is 6. The Bertz CT molecular complexity index is 513. The van der Waals surface area contributed by atoms with E-state index < -0.39 is 18.0 Å². The van der Waals surface area contributed by atoms with Gasteiger partial charge in [-0.1, -0.05) is 23.7 Å². The molecule has 0 N–H and O–H groups in total. The zero-order valence-corrected chi connectivity index (χ0v) is 12.6. The Labute approximate surface area is 128 Å². The van der Waals surface area contributed by atoms with Crippen LogP contribution in [0.3, 0.4) is 0 Å². The molecule has 6 heteroatoms. The minimum atomic E-state index is -1.01. The Hall–Kier alpha value is -1.59. The molecule has 2 rings (SSSR count). The summed E-state index contributed by atoms with van der Waals surface area (Å²) < 4.78 is 14.6. The second-order valence-corrected chi connectivity index (χ2v) is 5.34. The van der Waals surface area contributed by atoms with Gasteiger partial charge in [-0.25, -0.2) is 4.79 Å². The molecule has 1 aromatic rings. The molecular formula is C15H17ClO5. The summed E-state index contributed by atoms with van der Waals surface area (Å²) in [6.45, 7) is -0.0171. The van der Waals surface area contributed by atoms with Gasteiger partial charge in [0.25, 0.3) is 0 Å². The Morgan fingerprint density at radius 3 is 2.52 bits per heavy atom. The van der Waals surface area contributed by atoms with E-state index in [0.717, 1.165) is 5.56 Å². The van der Waals surface area contributed by atoms with Crippen molar-refractivity contribution >= 4 is 23.5 Å². The smallest absolute Gasteiger partial charge is 0.349 e. The molecular weight excluding hydrogens is 296 g/mol. The van der Waals surface area contributed by atoms with Crippen molar-refractivity contribution in [1.29, 1.82) is 0 Å².